The second kappa shape index (κ2) is 6.86. The summed E-state index contributed by atoms with van der Waals surface area (Å²) < 4.78 is 8.69. The van der Waals surface area contributed by atoms with Gasteiger partial charge in [0.2, 0.25) is 5.69 Å². The number of furan rings is 1. The van der Waals surface area contributed by atoms with Gasteiger partial charge in [-0.05, 0) is 42.7 Å². The predicted octanol–water partition coefficient (Wildman–Crippen LogP) is 6.23. The van der Waals surface area contributed by atoms with Gasteiger partial charge in [0.05, 0.1) is 17.2 Å². The first-order chi connectivity index (χ1) is 14.6. The van der Waals surface area contributed by atoms with Crippen LogP contribution in [0.1, 0.15) is 16.7 Å². The second-order valence-electron chi connectivity index (χ2n) is 7.78. The molecule has 3 aromatic carbocycles. The molecule has 2 aromatic heterocycles. The number of nitriles is 1. The first-order valence-electron chi connectivity index (χ1n) is 9.99. The maximum Gasteiger partial charge on any atom is 0.216 e. The van der Waals surface area contributed by atoms with Crippen LogP contribution in [-0.2, 0) is 7.05 Å². The van der Waals surface area contributed by atoms with Crippen molar-refractivity contribution in [2.45, 2.75) is 13.8 Å². The molecule has 0 saturated heterocycles. The van der Waals surface area contributed by atoms with Crippen molar-refractivity contribution in [3.63, 3.8) is 0 Å². The number of aromatic nitrogens is 1. The minimum absolute atomic E-state index is 0.631. The standard InChI is InChI=1S/C27H21N2O/c1-17-13-14-29(3)23(15-17)24-18(2)9-11-22-25-20(16-28)10-12-21(26(25)30-27(22)24)19-7-5-4-6-8-19/h4-15H,1-3H3/q+1. The number of aryl methyl sites for hydroxylation is 3. The number of nitrogens with zero attached hydrogens (tertiary/aromatic N) is 2. The van der Waals surface area contributed by atoms with Gasteiger partial charge in [-0.3, -0.25) is 0 Å². The highest BCUT2D eigenvalue weighted by Crippen LogP contribution is 2.41. The SMILES string of the molecule is Cc1cc[n+](C)c(-c2c(C)ccc3c2oc2c(-c4ccccc4)ccc(C#N)c23)c1. The number of benzene rings is 3. The van der Waals surface area contributed by atoms with E-state index in [9.17, 15) is 5.26 Å². The molecule has 0 unspecified atom stereocenters. The molecule has 5 rings (SSSR count). The third-order valence-corrected chi connectivity index (χ3v) is 5.76. The van der Waals surface area contributed by atoms with Crippen molar-refractivity contribution < 1.29 is 8.98 Å². The number of rotatable bonds is 2. The zero-order valence-corrected chi connectivity index (χ0v) is 17.2. The Balaban J connectivity index is 1.95. The molecule has 0 fully saturated rings. The molecule has 3 nitrogen and oxygen atoms in total. The summed E-state index contributed by atoms with van der Waals surface area (Å²) >= 11 is 0. The summed E-state index contributed by atoms with van der Waals surface area (Å²) in [6, 6.07) is 24.9. The van der Waals surface area contributed by atoms with Gasteiger partial charge >= 0.3 is 0 Å². The molecule has 30 heavy (non-hydrogen) atoms. The molecular formula is C27H21N2O+. The average Bonchev–Trinajstić information content (AvgIpc) is 3.15. The summed E-state index contributed by atoms with van der Waals surface area (Å²) in [6.07, 6.45) is 2.07. The molecule has 0 spiro atoms. The van der Waals surface area contributed by atoms with E-state index >= 15 is 0 Å². The fourth-order valence-corrected chi connectivity index (χ4v) is 4.22. The molecule has 0 aliphatic heterocycles. The highest BCUT2D eigenvalue weighted by Gasteiger charge is 2.23. The fourth-order valence-electron chi connectivity index (χ4n) is 4.22. The number of hydrogen-bond acceptors (Lipinski definition) is 2. The van der Waals surface area contributed by atoms with Crippen molar-refractivity contribution in [1.82, 2.24) is 0 Å². The Hall–Kier alpha value is -3.90. The van der Waals surface area contributed by atoms with E-state index < -0.39 is 0 Å². The topological polar surface area (TPSA) is 40.8 Å². The lowest BCUT2D eigenvalue weighted by atomic mass is 9.96. The summed E-state index contributed by atoms with van der Waals surface area (Å²) in [5.74, 6) is 0. The Morgan fingerprint density at radius 2 is 1.70 bits per heavy atom. The quantitative estimate of drug-likeness (QED) is 0.336. The van der Waals surface area contributed by atoms with Crippen LogP contribution in [0.15, 0.2) is 77.3 Å². The Kier molecular flexibility index (Phi) is 4.15. The number of pyridine rings is 1. The molecule has 0 amide bonds. The van der Waals surface area contributed by atoms with Crippen molar-refractivity contribution >= 4 is 21.9 Å². The van der Waals surface area contributed by atoms with E-state index in [0.717, 1.165) is 49.9 Å². The molecular weight excluding hydrogens is 368 g/mol. The van der Waals surface area contributed by atoms with E-state index in [1.807, 2.05) is 37.4 Å². The third-order valence-electron chi connectivity index (χ3n) is 5.76. The van der Waals surface area contributed by atoms with E-state index in [-0.39, 0.29) is 0 Å². The van der Waals surface area contributed by atoms with Crippen molar-refractivity contribution in [3.8, 4) is 28.5 Å². The van der Waals surface area contributed by atoms with Gasteiger partial charge in [-0.15, -0.1) is 0 Å². The normalized spacial score (nSPS) is 11.1. The number of hydrogen-bond donors (Lipinski definition) is 0. The molecule has 0 aliphatic rings. The van der Waals surface area contributed by atoms with Crippen molar-refractivity contribution in [2.24, 2.45) is 7.05 Å². The minimum Gasteiger partial charge on any atom is -0.454 e. The molecule has 0 N–H and O–H groups in total. The van der Waals surface area contributed by atoms with E-state index in [1.54, 1.807) is 0 Å². The highest BCUT2D eigenvalue weighted by molar-refractivity contribution is 6.15. The van der Waals surface area contributed by atoms with Gasteiger partial charge in [0.25, 0.3) is 0 Å². The van der Waals surface area contributed by atoms with Crippen LogP contribution in [0.5, 0.6) is 0 Å². The summed E-state index contributed by atoms with van der Waals surface area (Å²) in [4.78, 5) is 0. The van der Waals surface area contributed by atoms with Gasteiger partial charge in [-0.25, -0.2) is 4.57 Å². The molecule has 0 atom stereocenters. The van der Waals surface area contributed by atoms with Crippen LogP contribution < -0.4 is 4.57 Å². The second-order valence-corrected chi connectivity index (χ2v) is 7.78. The Morgan fingerprint density at radius 3 is 2.47 bits per heavy atom. The highest BCUT2D eigenvalue weighted by atomic mass is 16.3. The molecule has 144 valence electrons. The van der Waals surface area contributed by atoms with Gasteiger partial charge in [-0.1, -0.05) is 42.5 Å². The summed E-state index contributed by atoms with van der Waals surface area (Å²) in [5, 5.41) is 11.7. The van der Waals surface area contributed by atoms with Gasteiger partial charge in [-0.2, -0.15) is 5.26 Å². The van der Waals surface area contributed by atoms with Crippen LogP contribution in [0.25, 0.3) is 44.3 Å². The first kappa shape index (κ1) is 18.1. The van der Waals surface area contributed by atoms with Crippen LogP contribution in [0.4, 0.5) is 0 Å². The zero-order valence-electron chi connectivity index (χ0n) is 17.2. The van der Waals surface area contributed by atoms with E-state index in [2.05, 4.69) is 67.1 Å². The van der Waals surface area contributed by atoms with E-state index in [1.165, 1.54) is 5.56 Å². The van der Waals surface area contributed by atoms with Crippen LogP contribution in [0.2, 0.25) is 0 Å². The lowest BCUT2D eigenvalue weighted by Crippen LogP contribution is -2.30. The Bertz CT molecular complexity index is 1470. The minimum atomic E-state index is 0.631. The summed E-state index contributed by atoms with van der Waals surface area (Å²) in [5.41, 5.74) is 8.79. The predicted molar refractivity (Wildman–Crippen MR) is 120 cm³/mol. The molecule has 0 aliphatic carbocycles. The van der Waals surface area contributed by atoms with Gasteiger partial charge < -0.3 is 4.42 Å². The largest absolute Gasteiger partial charge is 0.454 e. The number of fused-ring (bicyclic) bond motifs is 3. The van der Waals surface area contributed by atoms with Crippen LogP contribution in [-0.4, -0.2) is 0 Å². The molecule has 0 bridgehead atoms. The van der Waals surface area contributed by atoms with Gasteiger partial charge in [0.1, 0.15) is 18.2 Å². The van der Waals surface area contributed by atoms with E-state index in [4.69, 9.17) is 4.42 Å². The molecule has 0 saturated carbocycles. The summed E-state index contributed by atoms with van der Waals surface area (Å²) in [7, 11) is 2.05. The lowest BCUT2D eigenvalue weighted by molar-refractivity contribution is -0.660. The van der Waals surface area contributed by atoms with Gasteiger partial charge in [0.15, 0.2) is 6.20 Å². The summed E-state index contributed by atoms with van der Waals surface area (Å²) in [6.45, 7) is 4.20. The zero-order chi connectivity index (χ0) is 20.8. The monoisotopic (exact) mass is 389 g/mol. The maximum atomic E-state index is 9.80. The Labute approximate surface area is 175 Å². The van der Waals surface area contributed by atoms with Crippen LogP contribution >= 0.6 is 0 Å². The van der Waals surface area contributed by atoms with E-state index in [0.29, 0.717) is 5.56 Å². The fraction of sp³-hybridized carbons (Fsp3) is 0.111. The smallest absolute Gasteiger partial charge is 0.216 e. The van der Waals surface area contributed by atoms with Crippen molar-refractivity contribution in [1.29, 1.82) is 5.26 Å². The van der Waals surface area contributed by atoms with Crippen molar-refractivity contribution in [3.05, 3.63) is 89.6 Å². The third kappa shape index (κ3) is 2.69. The molecule has 2 heterocycles. The van der Waals surface area contributed by atoms with Crippen LogP contribution in [0, 0.1) is 25.2 Å². The average molecular weight is 389 g/mol. The van der Waals surface area contributed by atoms with Crippen molar-refractivity contribution in [2.75, 3.05) is 0 Å². The molecule has 5 aromatic rings. The Morgan fingerprint density at radius 1 is 0.900 bits per heavy atom. The first-order valence-corrected chi connectivity index (χ1v) is 9.99. The maximum absolute atomic E-state index is 9.80. The van der Waals surface area contributed by atoms with Gasteiger partial charge in [0, 0.05) is 28.5 Å². The molecule has 0 radical (unpaired) electrons. The molecule has 3 heteroatoms. The van der Waals surface area contributed by atoms with Crippen LogP contribution in [0.3, 0.4) is 0 Å². The lowest BCUT2D eigenvalue weighted by Gasteiger charge is -2.06.